The maximum atomic E-state index is 12.8. The van der Waals surface area contributed by atoms with Crippen molar-refractivity contribution < 1.29 is 14.3 Å². The second-order valence-electron chi connectivity index (χ2n) is 9.20. The van der Waals surface area contributed by atoms with Crippen LogP contribution in [-0.2, 0) is 17.8 Å². The number of benzene rings is 3. The molecule has 6 nitrogen and oxygen atoms in total. The van der Waals surface area contributed by atoms with Gasteiger partial charge in [0.05, 0.1) is 37.2 Å². The highest BCUT2D eigenvalue weighted by Gasteiger charge is 2.18. The summed E-state index contributed by atoms with van der Waals surface area (Å²) in [6.45, 7) is 7.63. The molecule has 1 aromatic heterocycles. The monoisotopic (exact) mass is 485 g/mol. The Balaban J connectivity index is 1.39. The molecular formula is C30H35N3O3. The van der Waals surface area contributed by atoms with Gasteiger partial charge in [-0.05, 0) is 74.6 Å². The Hall–Kier alpha value is -3.80. The zero-order valence-corrected chi connectivity index (χ0v) is 21.6. The highest BCUT2D eigenvalue weighted by atomic mass is 16.5. The Morgan fingerprint density at radius 3 is 2.42 bits per heavy atom. The van der Waals surface area contributed by atoms with E-state index in [1.165, 1.54) is 0 Å². The van der Waals surface area contributed by atoms with E-state index in [9.17, 15) is 4.79 Å². The number of aromatic nitrogens is 2. The topological polar surface area (TPSA) is 65.4 Å². The number of para-hydroxylation sites is 3. The van der Waals surface area contributed by atoms with Crippen molar-refractivity contribution in [2.45, 2.75) is 52.6 Å². The van der Waals surface area contributed by atoms with Crippen LogP contribution in [0.15, 0.2) is 66.7 Å². The number of nitrogens with zero attached hydrogens (tertiary/aromatic N) is 2. The van der Waals surface area contributed by atoms with E-state index in [-0.39, 0.29) is 11.9 Å². The highest BCUT2D eigenvalue weighted by Crippen LogP contribution is 2.24. The third-order valence-electron chi connectivity index (χ3n) is 6.40. The molecule has 0 saturated carbocycles. The number of nitrogens with one attached hydrogen (secondary N) is 1. The average Bonchev–Trinajstić information content (AvgIpc) is 3.24. The molecule has 4 rings (SSSR count). The van der Waals surface area contributed by atoms with Crippen LogP contribution < -0.4 is 14.8 Å². The fourth-order valence-electron chi connectivity index (χ4n) is 4.52. The fourth-order valence-corrected chi connectivity index (χ4v) is 4.52. The molecule has 0 saturated heterocycles. The van der Waals surface area contributed by atoms with Crippen molar-refractivity contribution in [3.8, 4) is 11.5 Å². The van der Waals surface area contributed by atoms with Gasteiger partial charge in [0.25, 0.3) is 0 Å². The Kier molecular flexibility index (Phi) is 8.26. The molecule has 0 aliphatic rings. The maximum Gasteiger partial charge on any atom is 0.224 e. The Bertz CT molecular complexity index is 1290. The summed E-state index contributed by atoms with van der Waals surface area (Å²) in [6, 6.07) is 21.7. The van der Waals surface area contributed by atoms with Crippen LogP contribution in [0.5, 0.6) is 11.5 Å². The molecule has 0 bridgehead atoms. The zero-order valence-electron chi connectivity index (χ0n) is 21.6. The third kappa shape index (κ3) is 6.06. The van der Waals surface area contributed by atoms with Gasteiger partial charge < -0.3 is 19.4 Å². The predicted molar refractivity (Wildman–Crippen MR) is 144 cm³/mol. The number of aryl methyl sites for hydroxylation is 3. The molecule has 36 heavy (non-hydrogen) atoms. The van der Waals surface area contributed by atoms with E-state index in [2.05, 4.69) is 48.0 Å². The van der Waals surface area contributed by atoms with E-state index >= 15 is 0 Å². The lowest BCUT2D eigenvalue weighted by Gasteiger charge is -2.17. The predicted octanol–water partition coefficient (Wildman–Crippen LogP) is 5.94. The molecule has 4 aromatic rings. The standard InChI is InChI=1S/C30H35N3O3/c1-21-10-9-11-22(2)29(21)36-19-8-7-18-33-27-13-6-5-12-26(27)32-30(33)23(3)31-28(34)20-24-14-16-25(35-4)17-15-24/h5-6,9-17,23H,7-8,18-20H2,1-4H3,(H,31,34). The van der Waals surface area contributed by atoms with Gasteiger partial charge in [0.2, 0.25) is 5.91 Å². The van der Waals surface area contributed by atoms with E-state index in [0.29, 0.717) is 13.0 Å². The third-order valence-corrected chi connectivity index (χ3v) is 6.40. The van der Waals surface area contributed by atoms with Crippen LogP contribution in [-0.4, -0.2) is 29.2 Å². The van der Waals surface area contributed by atoms with Gasteiger partial charge in [-0.1, -0.05) is 42.5 Å². The van der Waals surface area contributed by atoms with E-state index in [1.54, 1.807) is 7.11 Å². The van der Waals surface area contributed by atoms with Crippen LogP contribution in [0.1, 0.15) is 48.3 Å². The Labute approximate surface area is 213 Å². The first-order valence-electron chi connectivity index (χ1n) is 12.5. The minimum atomic E-state index is -0.214. The second kappa shape index (κ2) is 11.8. The lowest BCUT2D eigenvalue weighted by molar-refractivity contribution is -0.121. The molecule has 0 aliphatic carbocycles. The summed E-state index contributed by atoms with van der Waals surface area (Å²) in [5, 5.41) is 3.13. The van der Waals surface area contributed by atoms with Crippen LogP contribution in [0.3, 0.4) is 0 Å². The molecule has 0 spiro atoms. The van der Waals surface area contributed by atoms with Crippen molar-refractivity contribution in [3.05, 3.63) is 89.2 Å². The number of hydrogen-bond donors (Lipinski definition) is 1. The number of rotatable bonds is 11. The molecule has 6 heteroatoms. The summed E-state index contributed by atoms with van der Waals surface area (Å²) in [5.41, 5.74) is 5.29. The minimum absolute atomic E-state index is 0.0340. The summed E-state index contributed by atoms with van der Waals surface area (Å²) in [4.78, 5) is 17.6. The Morgan fingerprint density at radius 2 is 1.69 bits per heavy atom. The first-order valence-corrected chi connectivity index (χ1v) is 12.5. The molecule has 1 amide bonds. The largest absolute Gasteiger partial charge is 0.497 e. The Morgan fingerprint density at radius 1 is 0.972 bits per heavy atom. The summed E-state index contributed by atoms with van der Waals surface area (Å²) in [5.74, 6) is 2.60. The highest BCUT2D eigenvalue weighted by molar-refractivity contribution is 5.79. The first kappa shape index (κ1) is 25.3. The van der Waals surface area contributed by atoms with Gasteiger partial charge in [-0.3, -0.25) is 4.79 Å². The van der Waals surface area contributed by atoms with E-state index in [1.807, 2.05) is 49.4 Å². The van der Waals surface area contributed by atoms with E-state index in [4.69, 9.17) is 14.5 Å². The summed E-state index contributed by atoms with van der Waals surface area (Å²) >= 11 is 0. The number of unbranched alkanes of at least 4 members (excludes halogenated alkanes) is 1. The maximum absolute atomic E-state index is 12.8. The lowest BCUT2D eigenvalue weighted by Crippen LogP contribution is -2.30. The molecule has 0 aliphatic heterocycles. The van der Waals surface area contributed by atoms with Crippen LogP contribution in [0.4, 0.5) is 0 Å². The number of imidazole rings is 1. The number of amides is 1. The first-order chi connectivity index (χ1) is 17.5. The van der Waals surface area contributed by atoms with Crippen molar-refractivity contribution in [1.82, 2.24) is 14.9 Å². The quantitative estimate of drug-likeness (QED) is 0.267. The zero-order chi connectivity index (χ0) is 25.5. The van der Waals surface area contributed by atoms with Gasteiger partial charge in [-0.15, -0.1) is 0 Å². The molecule has 3 aromatic carbocycles. The number of carbonyl (C=O) groups is 1. The molecule has 1 N–H and O–H groups in total. The second-order valence-corrected chi connectivity index (χ2v) is 9.20. The molecule has 1 atom stereocenters. The van der Waals surface area contributed by atoms with Crippen molar-refractivity contribution in [1.29, 1.82) is 0 Å². The molecular weight excluding hydrogens is 450 g/mol. The van der Waals surface area contributed by atoms with E-state index < -0.39 is 0 Å². The number of fused-ring (bicyclic) bond motifs is 1. The van der Waals surface area contributed by atoms with Gasteiger partial charge >= 0.3 is 0 Å². The van der Waals surface area contributed by atoms with Crippen LogP contribution in [0.25, 0.3) is 11.0 Å². The van der Waals surface area contributed by atoms with E-state index in [0.717, 1.165) is 64.4 Å². The van der Waals surface area contributed by atoms with Gasteiger partial charge in [-0.2, -0.15) is 0 Å². The molecule has 1 unspecified atom stereocenters. The summed E-state index contributed by atoms with van der Waals surface area (Å²) < 4.78 is 13.5. The molecule has 1 heterocycles. The number of methoxy groups -OCH3 is 1. The van der Waals surface area contributed by atoms with Gasteiger partial charge in [0, 0.05) is 6.54 Å². The smallest absolute Gasteiger partial charge is 0.224 e. The van der Waals surface area contributed by atoms with Crippen LogP contribution in [0, 0.1) is 13.8 Å². The van der Waals surface area contributed by atoms with Gasteiger partial charge in [0.1, 0.15) is 17.3 Å². The van der Waals surface area contributed by atoms with Crippen molar-refractivity contribution in [3.63, 3.8) is 0 Å². The number of hydrogen-bond acceptors (Lipinski definition) is 4. The van der Waals surface area contributed by atoms with Crippen molar-refractivity contribution in [2.75, 3.05) is 13.7 Å². The van der Waals surface area contributed by atoms with Gasteiger partial charge in [0.15, 0.2) is 0 Å². The average molecular weight is 486 g/mol. The normalized spacial score (nSPS) is 11.9. The van der Waals surface area contributed by atoms with Crippen molar-refractivity contribution >= 4 is 16.9 Å². The minimum Gasteiger partial charge on any atom is -0.497 e. The van der Waals surface area contributed by atoms with Crippen LogP contribution >= 0.6 is 0 Å². The molecule has 0 fully saturated rings. The molecule has 188 valence electrons. The van der Waals surface area contributed by atoms with Crippen LogP contribution in [0.2, 0.25) is 0 Å². The SMILES string of the molecule is COc1ccc(CC(=O)NC(C)c2nc3ccccc3n2CCCCOc2c(C)cccc2C)cc1. The van der Waals surface area contributed by atoms with Crippen molar-refractivity contribution in [2.24, 2.45) is 0 Å². The lowest BCUT2D eigenvalue weighted by atomic mass is 10.1. The van der Waals surface area contributed by atoms with Gasteiger partial charge in [-0.25, -0.2) is 4.98 Å². The number of carbonyl (C=O) groups excluding carboxylic acids is 1. The fraction of sp³-hybridized carbons (Fsp3) is 0.333. The summed E-state index contributed by atoms with van der Waals surface area (Å²) in [7, 11) is 1.63. The summed E-state index contributed by atoms with van der Waals surface area (Å²) in [6.07, 6.45) is 2.19. The molecule has 0 radical (unpaired) electrons. The number of ether oxygens (including phenoxy) is 2.